The van der Waals surface area contributed by atoms with Crippen molar-refractivity contribution in [2.75, 3.05) is 46.4 Å². The van der Waals surface area contributed by atoms with Crippen LogP contribution in [0.3, 0.4) is 0 Å². The van der Waals surface area contributed by atoms with Crippen LogP contribution in [0, 0.1) is 45.3 Å². The van der Waals surface area contributed by atoms with Crippen LogP contribution in [-0.2, 0) is 18.9 Å². The molecule has 8 aliphatic rings. The molecule has 48 heavy (non-hydrogen) atoms. The Bertz CT molecular complexity index is 1240. The van der Waals surface area contributed by atoms with E-state index in [9.17, 15) is 10.2 Å². The number of rotatable bonds is 7. The van der Waals surface area contributed by atoms with Gasteiger partial charge in [-0.2, -0.15) is 0 Å². The third kappa shape index (κ3) is 4.60. The zero-order valence-electron chi connectivity index (χ0n) is 31.2. The number of fused-ring (bicyclic) bond motifs is 4. The van der Waals surface area contributed by atoms with Crippen LogP contribution in [0.15, 0.2) is 0 Å². The van der Waals surface area contributed by atoms with Crippen LogP contribution >= 0.6 is 0 Å². The lowest BCUT2D eigenvalue weighted by Gasteiger charge is -2.63. The smallest absolute Gasteiger partial charge is 0.170 e. The number of hydrogen-bond donors (Lipinski definition) is 3. The average Bonchev–Trinajstić information content (AvgIpc) is 3.64. The Balaban J connectivity index is 1.01. The summed E-state index contributed by atoms with van der Waals surface area (Å²) in [5.74, 6) is 1.39. The van der Waals surface area contributed by atoms with Gasteiger partial charge in [-0.3, -0.25) is 4.90 Å². The van der Waals surface area contributed by atoms with E-state index in [1.165, 1.54) is 19.3 Å². The first-order valence-electron chi connectivity index (χ1n) is 19.7. The number of aliphatic hydroxyl groups excluding tert-OH is 1. The van der Waals surface area contributed by atoms with Crippen LogP contribution in [0.4, 0.5) is 0 Å². The molecule has 5 saturated carbocycles. The Morgan fingerprint density at radius 2 is 1.73 bits per heavy atom. The van der Waals surface area contributed by atoms with E-state index in [-0.39, 0.29) is 58.1 Å². The number of nitrogens with zero attached hydrogens (tertiary/aromatic N) is 2. The number of likely N-dealkylation sites (N-methyl/N-ethyl adjacent to an activating group) is 1. The molecule has 0 radical (unpaired) electrons. The van der Waals surface area contributed by atoms with Crippen LogP contribution in [-0.4, -0.2) is 120 Å². The molecule has 274 valence electrons. The Morgan fingerprint density at radius 1 is 1.02 bits per heavy atom. The van der Waals surface area contributed by atoms with Crippen molar-refractivity contribution >= 4 is 0 Å². The fourth-order valence-corrected chi connectivity index (χ4v) is 14.5. The molecule has 3 aliphatic heterocycles. The first-order valence-corrected chi connectivity index (χ1v) is 19.7. The molecule has 14 atom stereocenters. The van der Waals surface area contributed by atoms with Crippen molar-refractivity contribution in [1.82, 2.24) is 9.80 Å². The highest BCUT2D eigenvalue weighted by molar-refractivity contribution is 5.35. The zero-order chi connectivity index (χ0) is 34.2. The van der Waals surface area contributed by atoms with E-state index in [1.54, 1.807) is 0 Å². The molecule has 0 aromatic rings. The van der Waals surface area contributed by atoms with Crippen molar-refractivity contribution in [2.45, 2.75) is 154 Å². The molecule has 2 spiro atoms. The Morgan fingerprint density at radius 3 is 2.42 bits per heavy atom. The summed E-state index contributed by atoms with van der Waals surface area (Å²) in [5, 5.41) is 23.5. The zero-order valence-corrected chi connectivity index (χ0v) is 31.2. The molecule has 5 aliphatic carbocycles. The summed E-state index contributed by atoms with van der Waals surface area (Å²) in [7, 11) is 2.20. The largest absolute Gasteiger partial charge is 0.388 e. The molecular formula is C39H67N3O6. The van der Waals surface area contributed by atoms with E-state index in [4.69, 9.17) is 24.7 Å². The fourth-order valence-electron chi connectivity index (χ4n) is 14.5. The van der Waals surface area contributed by atoms with Gasteiger partial charge >= 0.3 is 0 Å². The van der Waals surface area contributed by atoms with Crippen LogP contribution in [0.1, 0.15) is 99.8 Å². The molecular weight excluding hydrogens is 606 g/mol. The van der Waals surface area contributed by atoms with Gasteiger partial charge in [-0.1, -0.05) is 27.7 Å². The van der Waals surface area contributed by atoms with E-state index in [2.05, 4.69) is 44.5 Å². The lowest BCUT2D eigenvalue weighted by atomic mass is 9.43. The van der Waals surface area contributed by atoms with E-state index in [0.29, 0.717) is 24.5 Å². The molecule has 0 amide bonds. The fraction of sp³-hybridized carbons (Fsp3) is 1.00. The average molecular weight is 674 g/mol. The maximum Gasteiger partial charge on any atom is 0.170 e. The van der Waals surface area contributed by atoms with Crippen LogP contribution in [0.25, 0.3) is 0 Å². The third-order valence-corrected chi connectivity index (χ3v) is 16.6. The SMILES string of the molecule is CCO[C@@H]([C@H]1C[C@@H](C)[C@H]2[C@H](O1)[C@H](O)[C@@]1(N)[C@@H]3CC[C@H]4C(C)(C)[C@@H](O[C@H]5CN(C6CN(C)C6)CCO5)CC[C@@]45C[C@@]35CC[C@]21C)C(C)(C)O. The third-order valence-electron chi connectivity index (χ3n) is 16.6. The van der Waals surface area contributed by atoms with Gasteiger partial charge < -0.3 is 39.8 Å². The van der Waals surface area contributed by atoms with Crippen LogP contribution in [0.2, 0.25) is 0 Å². The minimum absolute atomic E-state index is 0.0517. The van der Waals surface area contributed by atoms with E-state index in [0.717, 1.165) is 64.9 Å². The van der Waals surface area contributed by atoms with Gasteiger partial charge in [-0.25, -0.2) is 0 Å². The Kier molecular flexibility index (Phi) is 8.19. The molecule has 8 fully saturated rings. The summed E-state index contributed by atoms with van der Waals surface area (Å²) in [4.78, 5) is 4.98. The minimum Gasteiger partial charge on any atom is -0.388 e. The summed E-state index contributed by atoms with van der Waals surface area (Å²) < 4.78 is 26.2. The van der Waals surface area contributed by atoms with Crippen LogP contribution in [0.5, 0.6) is 0 Å². The predicted molar refractivity (Wildman–Crippen MR) is 184 cm³/mol. The summed E-state index contributed by atoms with van der Waals surface area (Å²) in [5.41, 5.74) is 6.44. The number of likely N-dealkylation sites (tertiary alicyclic amines) is 1. The molecule has 3 saturated heterocycles. The van der Waals surface area contributed by atoms with Gasteiger partial charge in [0.2, 0.25) is 0 Å². The van der Waals surface area contributed by atoms with Crippen LogP contribution < -0.4 is 5.73 Å². The summed E-state index contributed by atoms with van der Waals surface area (Å²) in [6, 6.07) is 0.636. The Labute approximate surface area is 289 Å². The van der Waals surface area contributed by atoms with Crippen molar-refractivity contribution < 1.29 is 29.2 Å². The maximum absolute atomic E-state index is 12.5. The van der Waals surface area contributed by atoms with Crippen molar-refractivity contribution in [2.24, 2.45) is 51.1 Å². The van der Waals surface area contributed by atoms with E-state index >= 15 is 0 Å². The van der Waals surface area contributed by atoms with Gasteiger partial charge in [-0.15, -0.1) is 0 Å². The summed E-state index contributed by atoms with van der Waals surface area (Å²) >= 11 is 0. The molecule has 3 heterocycles. The number of morpholine rings is 1. The van der Waals surface area contributed by atoms with Gasteiger partial charge in [0.15, 0.2) is 6.29 Å². The molecule has 4 N–H and O–H groups in total. The lowest BCUT2D eigenvalue weighted by molar-refractivity contribution is -0.251. The van der Waals surface area contributed by atoms with Crippen molar-refractivity contribution in [3.05, 3.63) is 0 Å². The van der Waals surface area contributed by atoms with Gasteiger partial charge in [0.25, 0.3) is 0 Å². The van der Waals surface area contributed by atoms with E-state index < -0.39 is 23.3 Å². The predicted octanol–water partition coefficient (Wildman–Crippen LogP) is 4.02. The normalized spacial score (nSPS) is 52.7. The quantitative estimate of drug-likeness (QED) is 0.369. The molecule has 8 rings (SSSR count). The summed E-state index contributed by atoms with van der Waals surface area (Å²) in [6.45, 7) is 20.7. The van der Waals surface area contributed by atoms with Crippen molar-refractivity contribution in [3.63, 3.8) is 0 Å². The molecule has 0 aromatic heterocycles. The molecule has 9 nitrogen and oxygen atoms in total. The number of aliphatic hydroxyl groups is 2. The second-order valence-corrected chi connectivity index (χ2v) is 19.5. The first kappa shape index (κ1) is 34.7. The first-order chi connectivity index (χ1) is 22.5. The van der Waals surface area contributed by atoms with Gasteiger partial charge in [0.05, 0.1) is 42.2 Å². The monoisotopic (exact) mass is 674 g/mol. The highest BCUT2D eigenvalue weighted by atomic mass is 16.7. The second-order valence-electron chi connectivity index (χ2n) is 19.5. The number of nitrogens with two attached hydrogens (primary N) is 1. The van der Waals surface area contributed by atoms with Crippen molar-refractivity contribution in [3.8, 4) is 0 Å². The van der Waals surface area contributed by atoms with Gasteiger partial charge in [-0.05, 0) is 125 Å². The topological polar surface area (TPSA) is 110 Å². The number of ether oxygens (including phenoxy) is 4. The molecule has 0 aromatic carbocycles. The van der Waals surface area contributed by atoms with Gasteiger partial charge in [0, 0.05) is 38.8 Å². The minimum atomic E-state index is -1.04. The van der Waals surface area contributed by atoms with E-state index in [1.807, 2.05) is 20.8 Å². The van der Waals surface area contributed by atoms with Gasteiger partial charge in [0.1, 0.15) is 6.10 Å². The Hall–Kier alpha value is -0.360. The standard InChI is InChI=1S/C39H67N3O6/c1-9-45-33(35(5,6)44)25-18-23(2)30-31(47-25)32(43)39(40)27-11-10-26-34(3,4)28(12-13-37(26)22-38(27,37)15-14-36(30,39)7)48-29-21-42(16-17-46-29)24-19-41(8)20-24/h23-33,43-44H,9-22,40H2,1-8H3/t23-,25-,26+,27-,28+,29+,30+,31+,32+,33+,36-,37-,38+,39+/m1/s1. The number of hydrogen-bond acceptors (Lipinski definition) is 9. The molecule has 9 heteroatoms. The lowest BCUT2D eigenvalue weighted by Crippen LogP contribution is -2.70. The second kappa shape index (κ2) is 11.3. The highest BCUT2D eigenvalue weighted by Crippen LogP contribution is 2.87. The van der Waals surface area contributed by atoms with Crippen molar-refractivity contribution in [1.29, 1.82) is 0 Å². The molecule has 0 bridgehead atoms. The maximum atomic E-state index is 12.5. The molecule has 0 unspecified atom stereocenters. The highest BCUT2D eigenvalue weighted by Gasteiger charge is 2.85. The summed E-state index contributed by atoms with van der Waals surface area (Å²) in [6.07, 6.45) is 7.06.